The zero-order valence-corrected chi connectivity index (χ0v) is 33.5. The van der Waals surface area contributed by atoms with Crippen molar-refractivity contribution < 1.29 is 37.1 Å². The highest BCUT2D eigenvalue weighted by molar-refractivity contribution is 7.91. The second-order valence-electron chi connectivity index (χ2n) is 17.1. The van der Waals surface area contributed by atoms with Gasteiger partial charge in [0.15, 0.2) is 0 Å². The van der Waals surface area contributed by atoms with Crippen molar-refractivity contribution in [3.8, 4) is 5.88 Å². The van der Waals surface area contributed by atoms with E-state index >= 15 is 0 Å². The molecule has 3 fully saturated rings. The van der Waals surface area contributed by atoms with Crippen LogP contribution in [0.3, 0.4) is 0 Å². The fourth-order valence-corrected chi connectivity index (χ4v) is 9.07. The summed E-state index contributed by atoms with van der Waals surface area (Å²) >= 11 is 0. The van der Waals surface area contributed by atoms with Crippen LogP contribution in [0.5, 0.6) is 5.88 Å². The van der Waals surface area contributed by atoms with Gasteiger partial charge in [0.25, 0.3) is 11.5 Å². The Labute approximate surface area is 322 Å². The normalized spacial score (nSPS) is 29.6. The summed E-state index contributed by atoms with van der Waals surface area (Å²) in [5.74, 6) is -2.54. The molecule has 0 bridgehead atoms. The predicted molar refractivity (Wildman–Crippen MR) is 204 cm³/mol. The van der Waals surface area contributed by atoms with Gasteiger partial charge in [-0.1, -0.05) is 38.1 Å². The van der Waals surface area contributed by atoms with Crippen LogP contribution in [0.1, 0.15) is 99.5 Å². The Balaban J connectivity index is 1.37. The van der Waals surface area contributed by atoms with Crippen LogP contribution in [0.15, 0.2) is 41.2 Å². The molecule has 0 spiro atoms. The van der Waals surface area contributed by atoms with Crippen LogP contribution in [-0.2, 0) is 29.1 Å². The number of alkyl carbamates (subject to hydrolysis) is 1. The average molecular weight is 783 g/mol. The molecule has 2 aliphatic carbocycles. The van der Waals surface area contributed by atoms with E-state index in [2.05, 4.69) is 27.4 Å². The standard InChI is InChI=1S/C39H54N6O9S/c1-22(2)45-34(47)29-15-11-10-14-28(29)33(42-45)53-26-19-30-32(46)41-39(36(49)43-55(51,52)27-16-17-27)20-25(39)13-9-8-12-23(3)18-24(4)31(35(48)44(30)21-26)40-37(50)54-38(5,6)7/h9-11,13-15,22-27,30-31H,8,12,16-21H2,1-7H3,(H,40,50)(H,41,46)(H,43,49)/b13-9-/t23-,24+,25+,26+,30-,31-,39+/m0/s1. The number of aromatic nitrogens is 2. The molecule has 1 aromatic heterocycles. The van der Waals surface area contributed by atoms with Crippen molar-refractivity contribution in [3.05, 3.63) is 46.8 Å². The van der Waals surface area contributed by atoms with Gasteiger partial charge < -0.3 is 25.0 Å². The molecule has 0 unspecified atom stereocenters. The molecule has 4 amide bonds. The van der Waals surface area contributed by atoms with Crippen LogP contribution < -0.4 is 25.7 Å². The SMILES string of the molecule is CC(C)n1nc(O[C@@H]2C[C@H]3C(=O)N[C@]4(C(=O)NS(=O)(=O)C5CC5)C[C@H]4/C=C\CC[C@H](C)C[C@@H](C)[C@H](NC(=O)OC(C)(C)C)C(=O)N3C2)c2ccccc2c1=O. The second kappa shape index (κ2) is 15.2. The van der Waals surface area contributed by atoms with Crippen molar-refractivity contribution in [2.75, 3.05) is 6.54 Å². The smallest absolute Gasteiger partial charge is 0.408 e. The molecule has 1 saturated heterocycles. The number of hydrogen-bond donors (Lipinski definition) is 3. The molecule has 2 saturated carbocycles. The molecule has 300 valence electrons. The number of ether oxygens (including phenoxy) is 2. The van der Waals surface area contributed by atoms with Gasteiger partial charge in [0.2, 0.25) is 27.7 Å². The first kappa shape index (κ1) is 40.2. The van der Waals surface area contributed by atoms with Gasteiger partial charge in [-0.2, -0.15) is 0 Å². The van der Waals surface area contributed by atoms with Gasteiger partial charge in [0.05, 0.1) is 28.6 Å². The third-order valence-electron chi connectivity index (χ3n) is 10.9. The molecule has 1 aromatic carbocycles. The topological polar surface area (TPSA) is 195 Å². The minimum absolute atomic E-state index is 0.0170. The highest BCUT2D eigenvalue weighted by Crippen LogP contribution is 2.46. The Kier molecular flexibility index (Phi) is 11.1. The summed E-state index contributed by atoms with van der Waals surface area (Å²) in [7, 11) is -3.92. The Bertz CT molecular complexity index is 2040. The monoisotopic (exact) mass is 782 g/mol. The first-order valence-electron chi connectivity index (χ1n) is 19.3. The summed E-state index contributed by atoms with van der Waals surface area (Å²) in [6.45, 7) is 12.7. The van der Waals surface area contributed by atoms with Gasteiger partial charge in [0, 0.05) is 12.3 Å². The van der Waals surface area contributed by atoms with Gasteiger partial charge >= 0.3 is 6.09 Å². The lowest BCUT2D eigenvalue weighted by molar-refractivity contribution is -0.142. The summed E-state index contributed by atoms with van der Waals surface area (Å²) in [6, 6.07) is 4.37. The molecule has 3 N–H and O–H groups in total. The Morgan fingerprint density at radius 1 is 1.04 bits per heavy atom. The highest BCUT2D eigenvalue weighted by Gasteiger charge is 2.62. The molecular weight excluding hydrogens is 729 g/mol. The van der Waals surface area contributed by atoms with Gasteiger partial charge in [-0.3, -0.25) is 23.9 Å². The number of carbonyl (C=O) groups excluding carboxylic acids is 4. The molecule has 3 heterocycles. The van der Waals surface area contributed by atoms with Crippen molar-refractivity contribution in [1.29, 1.82) is 0 Å². The van der Waals surface area contributed by atoms with Gasteiger partial charge in [0.1, 0.15) is 29.3 Å². The van der Waals surface area contributed by atoms with Crippen LogP contribution in [0.4, 0.5) is 4.79 Å². The van der Waals surface area contributed by atoms with E-state index in [1.807, 2.05) is 32.9 Å². The second-order valence-corrected chi connectivity index (χ2v) is 19.0. The minimum atomic E-state index is -3.92. The number of benzene rings is 1. The fraction of sp³-hybridized carbons (Fsp3) is 0.641. The molecular formula is C39H54N6O9S. The van der Waals surface area contributed by atoms with Crippen LogP contribution in [0.2, 0.25) is 0 Å². The quantitative estimate of drug-likeness (QED) is 0.349. The summed E-state index contributed by atoms with van der Waals surface area (Å²) in [5, 5.41) is 10.4. The van der Waals surface area contributed by atoms with Crippen molar-refractivity contribution in [1.82, 2.24) is 30.0 Å². The van der Waals surface area contributed by atoms with E-state index in [0.29, 0.717) is 36.5 Å². The van der Waals surface area contributed by atoms with Crippen molar-refractivity contribution in [2.24, 2.45) is 17.8 Å². The lowest BCUT2D eigenvalue weighted by atomic mass is 9.88. The molecule has 16 heteroatoms. The maximum atomic E-state index is 14.8. The molecule has 2 aliphatic heterocycles. The first-order chi connectivity index (χ1) is 25.8. The van der Waals surface area contributed by atoms with E-state index in [1.54, 1.807) is 45.0 Å². The summed E-state index contributed by atoms with van der Waals surface area (Å²) in [4.78, 5) is 70.9. The van der Waals surface area contributed by atoms with Crippen LogP contribution in [0, 0.1) is 17.8 Å². The third kappa shape index (κ3) is 8.84. The average Bonchev–Trinajstić information content (AvgIpc) is 4.02. The summed E-state index contributed by atoms with van der Waals surface area (Å²) < 4.78 is 41.4. The van der Waals surface area contributed by atoms with E-state index in [-0.39, 0.29) is 48.7 Å². The number of amides is 4. The molecule has 7 atom stereocenters. The Morgan fingerprint density at radius 3 is 2.38 bits per heavy atom. The van der Waals surface area contributed by atoms with E-state index < -0.39 is 74.3 Å². The van der Waals surface area contributed by atoms with Crippen LogP contribution in [0.25, 0.3) is 10.8 Å². The maximum absolute atomic E-state index is 14.8. The first-order valence-corrected chi connectivity index (χ1v) is 20.9. The molecule has 4 aliphatic rings. The fourth-order valence-electron chi connectivity index (χ4n) is 7.70. The van der Waals surface area contributed by atoms with E-state index in [0.717, 1.165) is 6.42 Å². The van der Waals surface area contributed by atoms with E-state index in [9.17, 15) is 32.4 Å². The number of hydrogen-bond acceptors (Lipinski definition) is 10. The number of nitrogens with one attached hydrogen (secondary N) is 3. The molecule has 2 aromatic rings. The molecule has 0 radical (unpaired) electrons. The lowest BCUT2D eigenvalue weighted by Crippen LogP contribution is -2.59. The van der Waals surface area contributed by atoms with E-state index in [1.165, 1.54) is 9.58 Å². The maximum Gasteiger partial charge on any atom is 0.408 e. The van der Waals surface area contributed by atoms with Crippen molar-refractivity contribution in [3.63, 3.8) is 0 Å². The number of nitrogens with zero attached hydrogens (tertiary/aromatic N) is 3. The van der Waals surface area contributed by atoms with Crippen molar-refractivity contribution in [2.45, 2.75) is 134 Å². The Hall–Kier alpha value is -4.47. The predicted octanol–water partition coefficient (Wildman–Crippen LogP) is 3.71. The van der Waals surface area contributed by atoms with Gasteiger partial charge in [-0.05, 0) is 97.1 Å². The third-order valence-corrected chi connectivity index (χ3v) is 12.7. The van der Waals surface area contributed by atoms with Gasteiger partial charge in [-0.15, -0.1) is 5.10 Å². The zero-order chi connectivity index (χ0) is 40.0. The molecule has 55 heavy (non-hydrogen) atoms. The molecule has 15 nitrogen and oxygen atoms in total. The van der Waals surface area contributed by atoms with E-state index in [4.69, 9.17) is 9.47 Å². The highest BCUT2D eigenvalue weighted by atomic mass is 32.2. The zero-order valence-electron chi connectivity index (χ0n) is 32.7. The van der Waals surface area contributed by atoms with Crippen molar-refractivity contribution >= 4 is 44.6 Å². The number of rotatable bonds is 7. The number of sulfonamides is 1. The minimum Gasteiger partial charge on any atom is -0.471 e. The summed E-state index contributed by atoms with van der Waals surface area (Å²) in [6.07, 6.45) is 5.31. The number of allylic oxidation sites excluding steroid dienone is 1. The largest absolute Gasteiger partial charge is 0.471 e. The number of carbonyl (C=O) groups is 4. The van der Waals surface area contributed by atoms with Crippen LogP contribution in [-0.4, -0.2) is 88.0 Å². The lowest BCUT2D eigenvalue weighted by Gasteiger charge is -2.33. The molecule has 6 rings (SSSR count). The Morgan fingerprint density at radius 2 is 1.73 bits per heavy atom. The number of fused-ring (bicyclic) bond motifs is 3. The summed E-state index contributed by atoms with van der Waals surface area (Å²) in [5.41, 5.74) is -2.66. The van der Waals surface area contributed by atoms with Gasteiger partial charge in [-0.25, -0.2) is 17.9 Å². The van der Waals surface area contributed by atoms with Crippen LogP contribution >= 0.6 is 0 Å².